The molecule has 2 aromatic carbocycles. The van der Waals surface area contributed by atoms with Crippen LogP contribution in [0.15, 0.2) is 48.5 Å². The van der Waals surface area contributed by atoms with E-state index in [1.165, 1.54) is 21.7 Å². The highest BCUT2D eigenvalue weighted by Crippen LogP contribution is 2.22. The van der Waals surface area contributed by atoms with Crippen molar-refractivity contribution in [1.29, 1.82) is 0 Å². The molecule has 4 heteroatoms. The quantitative estimate of drug-likeness (QED) is 0.822. The molecule has 0 aliphatic carbocycles. The molecule has 4 nitrogen and oxygen atoms in total. The summed E-state index contributed by atoms with van der Waals surface area (Å²) >= 11 is 0. The second-order valence-electron chi connectivity index (χ2n) is 8.65. The van der Waals surface area contributed by atoms with Crippen molar-refractivity contribution < 1.29 is 9.69 Å². The predicted octanol–water partition coefficient (Wildman–Crippen LogP) is 2.67. The minimum atomic E-state index is -0.0216. The molecule has 2 N–H and O–H groups in total. The van der Waals surface area contributed by atoms with Crippen molar-refractivity contribution in [2.24, 2.45) is 0 Å². The highest BCUT2D eigenvalue weighted by Gasteiger charge is 2.20. The molecule has 0 bridgehead atoms. The van der Waals surface area contributed by atoms with E-state index in [1.54, 1.807) is 0 Å². The molecule has 146 valence electrons. The van der Waals surface area contributed by atoms with Crippen LogP contribution < -0.4 is 15.1 Å². The van der Waals surface area contributed by atoms with Crippen molar-refractivity contribution in [3.05, 3.63) is 65.2 Å². The molecule has 0 aliphatic heterocycles. The zero-order chi connectivity index (χ0) is 20.2. The summed E-state index contributed by atoms with van der Waals surface area (Å²) in [5.41, 5.74) is 4.43. The van der Waals surface area contributed by atoms with Crippen LogP contribution in [0.2, 0.25) is 0 Å². The van der Waals surface area contributed by atoms with Crippen LogP contribution in [-0.2, 0) is 5.41 Å². The van der Waals surface area contributed by atoms with Crippen molar-refractivity contribution in [3.8, 4) is 0 Å². The third-order valence-corrected chi connectivity index (χ3v) is 4.99. The molecule has 0 radical (unpaired) electrons. The first-order chi connectivity index (χ1) is 12.6. The number of benzene rings is 2. The summed E-state index contributed by atoms with van der Waals surface area (Å²) < 4.78 is 0. The number of quaternary nitrogens is 1. The van der Waals surface area contributed by atoms with Crippen molar-refractivity contribution in [2.45, 2.75) is 32.2 Å². The van der Waals surface area contributed by atoms with Crippen molar-refractivity contribution in [1.82, 2.24) is 5.32 Å². The van der Waals surface area contributed by atoms with Crippen LogP contribution in [0.5, 0.6) is 0 Å². The molecule has 2 aromatic rings. The lowest BCUT2D eigenvalue weighted by atomic mass is 9.87. The second kappa shape index (κ2) is 8.57. The van der Waals surface area contributed by atoms with Gasteiger partial charge in [0.1, 0.15) is 6.04 Å². The molecule has 2 rings (SSSR count). The van der Waals surface area contributed by atoms with Crippen LogP contribution in [0.1, 0.15) is 48.3 Å². The maximum absolute atomic E-state index is 12.6. The minimum Gasteiger partial charge on any atom is -0.378 e. The lowest BCUT2D eigenvalue weighted by Gasteiger charge is -2.23. The molecule has 0 unspecified atom stereocenters. The van der Waals surface area contributed by atoms with Gasteiger partial charge in [0.2, 0.25) is 0 Å². The maximum Gasteiger partial charge on any atom is 0.251 e. The smallest absolute Gasteiger partial charge is 0.251 e. The van der Waals surface area contributed by atoms with Crippen LogP contribution in [0.3, 0.4) is 0 Å². The number of anilines is 1. The Kier molecular flexibility index (Phi) is 6.66. The van der Waals surface area contributed by atoms with Crippen LogP contribution in [0, 0.1) is 0 Å². The minimum absolute atomic E-state index is 0.0216. The largest absolute Gasteiger partial charge is 0.378 e. The Morgan fingerprint density at radius 1 is 1.00 bits per heavy atom. The van der Waals surface area contributed by atoms with Gasteiger partial charge in [-0.2, -0.15) is 0 Å². The SMILES string of the molecule is CN(C)c1ccc([C@H](CNC(=O)c2ccc(C(C)(C)C)cc2)[NH+](C)C)cc1. The number of amides is 1. The fourth-order valence-electron chi connectivity index (χ4n) is 3.08. The zero-order valence-electron chi connectivity index (χ0n) is 17.8. The number of carbonyl (C=O) groups excluding carboxylic acids is 1. The summed E-state index contributed by atoms with van der Waals surface area (Å²) in [7, 11) is 8.31. The summed E-state index contributed by atoms with van der Waals surface area (Å²) in [4.78, 5) is 16.0. The monoisotopic (exact) mass is 368 g/mol. The van der Waals surface area contributed by atoms with Crippen LogP contribution in [0.25, 0.3) is 0 Å². The Labute approximate surface area is 164 Å². The fraction of sp³-hybridized carbons (Fsp3) is 0.435. The molecule has 1 atom stereocenters. The van der Waals surface area contributed by atoms with Gasteiger partial charge in [-0.15, -0.1) is 0 Å². The van der Waals surface area contributed by atoms with Gasteiger partial charge in [-0.3, -0.25) is 4.79 Å². The maximum atomic E-state index is 12.6. The number of likely N-dealkylation sites (N-methyl/N-ethyl adjacent to an activating group) is 1. The summed E-state index contributed by atoms with van der Waals surface area (Å²) in [5.74, 6) is -0.0216. The molecular weight excluding hydrogens is 334 g/mol. The molecule has 0 fully saturated rings. The van der Waals surface area contributed by atoms with E-state index in [1.807, 2.05) is 38.4 Å². The molecule has 27 heavy (non-hydrogen) atoms. The Morgan fingerprint density at radius 2 is 1.56 bits per heavy atom. The number of nitrogens with one attached hydrogen (secondary N) is 2. The van der Waals surface area contributed by atoms with Crippen LogP contribution in [-0.4, -0.2) is 40.6 Å². The van der Waals surface area contributed by atoms with Crippen LogP contribution in [0.4, 0.5) is 5.69 Å². The molecule has 0 saturated carbocycles. The Bertz CT molecular complexity index is 741. The number of hydrogen-bond donors (Lipinski definition) is 2. The Balaban J connectivity index is 2.06. The molecule has 0 aliphatic rings. The van der Waals surface area contributed by atoms with Gasteiger partial charge >= 0.3 is 0 Å². The summed E-state index contributed by atoms with van der Waals surface area (Å²) in [5, 5.41) is 3.10. The highest BCUT2D eigenvalue weighted by molar-refractivity contribution is 5.94. The van der Waals surface area contributed by atoms with Crippen molar-refractivity contribution in [2.75, 3.05) is 39.6 Å². The summed E-state index contributed by atoms with van der Waals surface area (Å²) in [6.45, 7) is 7.12. The Morgan fingerprint density at radius 3 is 2.00 bits per heavy atom. The van der Waals surface area contributed by atoms with Gasteiger partial charge in [0.05, 0.1) is 20.6 Å². The van der Waals surface area contributed by atoms with Crippen molar-refractivity contribution in [3.63, 3.8) is 0 Å². The molecule has 0 spiro atoms. The lowest BCUT2D eigenvalue weighted by Crippen LogP contribution is -3.07. The van der Waals surface area contributed by atoms with E-state index in [0.717, 1.165) is 0 Å². The standard InChI is InChI=1S/C23H33N3O/c1-23(2,3)19-12-8-18(9-13-19)22(27)24-16-21(26(6)7)17-10-14-20(15-11-17)25(4)5/h8-15,21H,16H2,1-7H3,(H,24,27)/p+1/t21-/m0/s1. The summed E-state index contributed by atoms with van der Waals surface area (Å²) in [6, 6.07) is 16.7. The number of rotatable bonds is 6. The summed E-state index contributed by atoms with van der Waals surface area (Å²) in [6.07, 6.45) is 0. The fourth-order valence-corrected chi connectivity index (χ4v) is 3.08. The van der Waals surface area contributed by atoms with E-state index in [9.17, 15) is 4.79 Å². The van der Waals surface area contributed by atoms with E-state index < -0.39 is 0 Å². The zero-order valence-corrected chi connectivity index (χ0v) is 17.8. The van der Waals surface area contributed by atoms with Gasteiger partial charge in [0.15, 0.2) is 0 Å². The van der Waals surface area contributed by atoms with Gasteiger partial charge in [-0.1, -0.05) is 45.0 Å². The average Bonchev–Trinajstić information content (AvgIpc) is 2.61. The van der Waals surface area contributed by atoms with Crippen molar-refractivity contribution >= 4 is 11.6 Å². The molecule has 0 saturated heterocycles. The van der Waals surface area contributed by atoms with E-state index in [-0.39, 0.29) is 17.4 Å². The number of carbonyl (C=O) groups is 1. The van der Waals surface area contributed by atoms with Gasteiger partial charge in [-0.25, -0.2) is 0 Å². The molecule has 0 aromatic heterocycles. The van der Waals surface area contributed by atoms with Gasteiger partial charge in [-0.05, 0) is 35.2 Å². The molecule has 0 heterocycles. The van der Waals surface area contributed by atoms with Gasteiger partial charge < -0.3 is 15.1 Å². The highest BCUT2D eigenvalue weighted by atomic mass is 16.1. The lowest BCUT2D eigenvalue weighted by molar-refractivity contribution is -0.890. The Hall–Kier alpha value is -2.33. The van der Waals surface area contributed by atoms with E-state index in [0.29, 0.717) is 12.1 Å². The van der Waals surface area contributed by atoms with Gasteiger partial charge in [0.25, 0.3) is 5.91 Å². The number of hydrogen-bond acceptors (Lipinski definition) is 2. The number of nitrogens with zero attached hydrogens (tertiary/aromatic N) is 1. The van der Waals surface area contributed by atoms with E-state index in [2.05, 4.69) is 69.3 Å². The average molecular weight is 369 g/mol. The second-order valence-corrected chi connectivity index (χ2v) is 8.65. The van der Waals surface area contributed by atoms with Crippen LogP contribution >= 0.6 is 0 Å². The van der Waals surface area contributed by atoms with Gasteiger partial charge in [0, 0.05) is 30.9 Å². The van der Waals surface area contributed by atoms with E-state index in [4.69, 9.17) is 0 Å². The first-order valence-electron chi connectivity index (χ1n) is 9.55. The first-order valence-corrected chi connectivity index (χ1v) is 9.55. The molecule has 1 amide bonds. The third kappa shape index (κ3) is 5.57. The predicted molar refractivity (Wildman–Crippen MR) is 114 cm³/mol. The first kappa shape index (κ1) is 21.0. The topological polar surface area (TPSA) is 36.8 Å². The normalized spacial score (nSPS) is 12.7. The molecular formula is C23H34N3O+. The third-order valence-electron chi connectivity index (χ3n) is 4.99. The van der Waals surface area contributed by atoms with E-state index >= 15 is 0 Å².